The predicted octanol–water partition coefficient (Wildman–Crippen LogP) is 3.68. The molecule has 100 valence electrons. The molecule has 0 bridgehead atoms. The molecule has 3 rings (SSSR count). The first-order valence-electron chi connectivity index (χ1n) is 6.29. The molecule has 0 fully saturated rings. The molecule has 1 N–H and O–H groups in total. The number of phenolic OH excluding ortho intramolecular Hbond substituents is 1. The molecule has 0 saturated heterocycles. The van der Waals surface area contributed by atoms with Crippen LogP contribution in [0.3, 0.4) is 0 Å². The van der Waals surface area contributed by atoms with Gasteiger partial charge in [0.25, 0.3) is 0 Å². The van der Waals surface area contributed by atoms with Gasteiger partial charge in [0.15, 0.2) is 5.75 Å². The number of hydrogen-bond donors (Lipinski definition) is 1. The Morgan fingerprint density at radius 2 is 1.85 bits per heavy atom. The lowest BCUT2D eigenvalue weighted by Crippen LogP contribution is -1.92. The number of benzene rings is 2. The third kappa shape index (κ3) is 2.64. The lowest BCUT2D eigenvalue weighted by Gasteiger charge is -2.03. The largest absolute Gasteiger partial charge is 0.508 e. The number of phenols is 1. The van der Waals surface area contributed by atoms with Crippen molar-refractivity contribution in [2.75, 3.05) is 0 Å². The van der Waals surface area contributed by atoms with Crippen LogP contribution in [0.2, 0.25) is 0 Å². The number of aryl methyl sites for hydroxylation is 1. The second-order valence-electron chi connectivity index (χ2n) is 4.56. The average Bonchev–Trinajstić information content (AvgIpc) is 2.88. The number of rotatable bonds is 3. The first kappa shape index (κ1) is 12.3. The van der Waals surface area contributed by atoms with Gasteiger partial charge in [0, 0.05) is 0 Å². The van der Waals surface area contributed by atoms with Gasteiger partial charge in [-0.3, -0.25) is 0 Å². The maximum absolute atomic E-state index is 9.28. The highest BCUT2D eigenvalue weighted by atomic mass is 16.5. The van der Waals surface area contributed by atoms with Crippen molar-refractivity contribution in [2.45, 2.75) is 6.92 Å². The second-order valence-corrected chi connectivity index (χ2v) is 4.56. The third-order valence-electron chi connectivity index (χ3n) is 2.90. The van der Waals surface area contributed by atoms with Crippen molar-refractivity contribution in [1.82, 2.24) is 9.78 Å². The molecule has 0 aliphatic carbocycles. The molecule has 1 aromatic heterocycles. The Balaban J connectivity index is 1.82. The van der Waals surface area contributed by atoms with Crippen molar-refractivity contribution >= 4 is 0 Å². The topological polar surface area (TPSA) is 47.3 Å². The van der Waals surface area contributed by atoms with E-state index in [1.54, 1.807) is 41.3 Å². The highest BCUT2D eigenvalue weighted by Gasteiger charge is 2.03. The number of ether oxygens (including phenoxy) is 1. The summed E-state index contributed by atoms with van der Waals surface area (Å²) in [5.74, 6) is 1.69. The van der Waals surface area contributed by atoms with Crippen LogP contribution in [0.15, 0.2) is 60.9 Å². The summed E-state index contributed by atoms with van der Waals surface area (Å²) in [4.78, 5) is 0. The third-order valence-corrected chi connectivity index (χ3v) is 2.90. The molecule has 1 heterocycles. The van der Waals surface area contributed by atoms with E-state index in [2.05, 4.69) is 5.10 Å². The summed E-state index contributed by atoms with van der Waals surface area (Å²) < 4.78 is 7.45. The predicted molar refractivity (Wildman–Crippen MR) is 76.5 cm³/mol. The first-order valence-corrected chi connectivity index (χ1v) is 6.29. The van der Waals surface area contributed by atoms with E-state index in [1.807, 2.05) is 31.2 Å². The first-order chi connectivity index (χ1) is 9.70. The summed E-state index contributed by atoms with van der Waals surface area (Å²) >= 11 is 0. The molecule has 4 heteroatoms. The van der Waals surface area contributed by atoms with Gasteiger partial charge in [-0.1, -0.05) is 12.1 Å². The lowest BCUT2D eigenvalue weighted by molar-refractivity contribution is 0.475. The minimum atomic E-state index is 0.233. The summed E-state index contributed by atoms with van der Waals surface area (Å²) in [5.41, 5.74) is 2.01. The van der Waals surface area contributed by atoms with Crippen molar-refractivity contribution < 1.29 is 9.84 Å². The zero-order valence-corrected chi connectivity index (χ0v) is 11.0. The van der Waals surface area contributed by atoms with Crippen molar-refractivity contribution in [3.05, 3.63) is 66.5 Å². The van der Waals surface area contributed by atoms with E-state index in [0.717, 1.165) is 17.0 Å². The standard InChI is InChI=1S/C16H14N2O2/c1-12-3-2-4-15(9-12)20-16-10-17-18(11-16)13-5-7-14(19)8-6-13/h2-11,19H,1H3. The van der Waals surface area contributed by atoms with Gasteiger partial charge in [-0.2, -0.15) is 5.10 Å². The Labute approximate surface area is 116 Å². The molecule has 4 nitrogen and oxygen atoms in total. The van der Waals surface area contributed by atoms with Crippen molar-refractivity contribution in [3.8, 4) is 22.9 Å². The van der Waals surface area contributed by atoms with Gasteiger partial charge in [-0.05, 0) is 48.9 Å². The SMILES string of the molecule is Cc1cccc(Oc2cnn(-c3ccc(O)cc3)c2)c1. The molecule has 0 aliphatic rings. The van der Waals surface area contributed by atoms with Crippen molar-refractivity contribution in [3.63, 3.8) is 0 Å². The van der Waals surface area contributed by atoms with Gasteiger partial charge in [0.05, 0.1) is 18.1 Å². The van der Waals surface area contributed by atoms with Crippen LogP contribution in [0.25, 0.3) is 5.69 Å². The molecule has 0 spiro atoms. The van der Waals surface area contributed by atoms with Crippen LogP contribution in [-0.4, -0.2) is 14.9 Å². The normalized spacial score (nSPS) is 10.4. The second kappa shape index (κ2) is 5.09. The maximum atomic E-state index is 9.28. The Morgan fingerprint density at radius 3 is 2.60 bits per heavy atom. The molecule has 0 radical (unpaired) electrons. The van der Waals surface area contributed by atoms with Crippen LogP contribution in [-0.2, 0) is 0 Å². The molecule has 0 aliphatic heterocycles. The summed E-state index contributed by atoms with van der Waals surface area (Å²) in [6.07, 6.45) is 3.46. The van der Waals surface area contributed by atoms with E-state index in [9.17, 15) is 5.11 Å². The molecular weight excluding hydrogens is 252 g/mol. The molecule has 0 atom stereocenters. The Morgan fingerprint density at radius 1 is 1.05 bits per heavy atom. The molecule has 0 unspecified atom stereocenters. The fourth-order valence-corrected chi connectivity index (χ4v) is 1.92. The highest BCUT2D eigenvalue weighted by Crippen LogP contribution is 2.23. The minimum absolute atomic E-state index is 0.233. The van der Waals surface area contributed by atoms with Crippen LogP contribution in [0.4, 0.5) is 0 Å². The lowest BCUT2D eigenvalue weighted by atomic mass is 10.2. The summed E-state index contributed by atoms with van der Waals surface area (Å²) in [6, 6.07) is 14.7. The van der Waals surface area contributed by atoms with Gasteiger partial charge < -0.3 is 9.84 Å². The summed E-state index contributed by atoms with van der Waals surface area (Å²) in [6.45, 7) is 2.02. The van der Waals surface area contributed by atoms with E-state index in [-0.39, 0.29) is 5.75 Å². The van der Waals surface area contributed by atoms with E-state index in [0.29, 0.717) is 5.75 Å². The van der Waals surface area contributed by atoms with E-state index in [1.165, 1.54) is 0 Å². The fraction of sp³-hybridized carbons (Fsp3) is 0.0625. The molecule has 2 aromatic carbocycles. The molecular formula is C16H14N2O2. The average molecular weight is 266 g/mol. The Kier molecular flexibility index (Phi) is 3.13. The molecule has 20 heavy (non-hydrogen) atoms. The highest BCUT2D eigenvalue weighted by molar-refractivity contribution is 5.38. The summed E-state index contributed by atoms with van der Waals surface area (Å²) in [7, 11) is 0. The van der Waals surface area contributed by atoms with E-state index >= 15 is 0 Å². The Hall–Kier alpha value is -2.75. The zero-order valence-electron chi connectivity index (χ0n) is 11.0. The van der Waals surface area contributed by atoms with Crippen molar-refractivity contribution in [2.24, 2.45) is 0 Å². The monoisotopic (exact) mass is 266 g/mol. The van der Waals surface area contributed by atoms with Crippen molar-refractivity contribution in [1.29, 1.82) is 0 Å². The van der Waals surface area contributed by atoms with Crippen LogP contribution in [0, 0.1) is 6.92 Å². The van der Waals surface area contributed by atoms with Crippen LogP contribution < -0.4 is 4.74 Å². The zero-order chi connectivity index (χ0) is 13.9. The molecule has 0 amide bonds. The van der Waals surface area contributed by atoms with E-state index in [4.69, 9.17) is 4.74 Å². The van der Waals surface area contributed by atoms with Gasteiger partial charge in [-0.25, -0.2) is 4.68 Å². The van der Waals surface area contributed by atoms with Crippen LogP contribution in [0.5, 0.6) is 17.2 Å². The van der Waals surface area contributed by atoms with Gasteiger partial charge in [-0.15, -0.1) is 0 Å². The minimum Gasteiger partial charge on any atom is -0.508 e. The maximum Gasteiger partial charge on any atom is 0.165 e. The van der Waals surface area contributed by atoms with Crippen LogP contribution >= 0.6 is 0 Å². The summed E-state index contributed by atoms with van der Waals surface area (Å²) in [5, 5.41) is 13.5. The number of hydrogen-bond acceptors (Lipinski definition) is 3. The Bertz CT molecular complexity index is 717. The molecule has 0 saturated carbocycles. The fourth-order valence-electron chi connectivity index (χ4n) is 1.92. The quantitative estimate of drug-likeness (QED) is 0.786. The van der Waals surface area contributed by atoms with E-state index < -0.39 is 0 Å². The number of aromatic hydroxyl groups is 1. The van der Waals surface area contributed by atoms with Crippen LogP contribution in [0.1, 0.15) is 5.56 Å². The molecule has 3 aromatic rings. The number of aromatic nitrogens is 2. The number of nitrogens with zero attached hydrogens (tertiary/aromatic N) is 2. The van der Waals surface area contributed by atoms with Gasteiger partial charge in [0.2, 0.25) is 0 Å². The van der Waals surface area contributed by atoms with Gasteiger partial charge >= 0.3 is 0 Å². The smallest absolute Gasteiger partial charge is 0.165 e. The van der Waals surface area contributed by atoms with Gasteiger partial charge in [0.1, 0.15) is 11.5 Å².